The fourth-order valence-electron chi connectivity index (χ4n) is 4.57. The first-order valence-electron chi connectivity index (χ1n) is 10.9. The smallest absolute Gasteiger partial charge is 0.231 e. The van der Waals surface area contributed by atoms with E-state index < -0.39 is 0 Å². The molecule has 2 N–H and O–H groups in total. The van der Waals surface area contributed by atoms with Gasteiger partial charge < -0.3 is 9.64 Å². The van der Waals surface area contributed by atoms with Crippen LogP contribution in [-0.2, 0) is 4.79 Å². The second-order valence-corrected chi connectivity index (χ2v) is 8.89. The standard InChI is InChI=1S/C21H30N6O2/c1-13-20(14(2)24-23-13)21(28)26-9-7-15(8-10-26)12-29-19-6-5-18-22-17(16-3-4-16)11-27(18)25-19/h5-6,11,13-16,20,23-24H,3-4,7-10,12H2,1-2H3. The lowest BCUT2D eigenvalue weighted by Crippen LogP contribution is -2.47. The van der Waals surface area contributed by atoms with Crippen molar-refractivity contribution in [1.29, 1.82) is 0 Å². The normalized spacial score (nSPS) is 28.2. The highest BCUT2D eigenvalue weighted by molar-refractivity contribution is 5.80. The van der Waals surface area contributed by atoms with Gasteiger partial charge in [0.1, 0.15) is 0 Å². The van der Waals surface area contributed by atoms with Gasteiger partial charge in [-0.3, -0.25) is 15.6 Å². The molecule has 1 aliphatic carbocycles. The topological polar surface area (TPSA) is 83.8 Å². The molecule has 0 radical (unpaired) electrons. The van der Waals surface area contributed by atoms with E-state index in [0.717, 1.165) is 37.3 Å². The summed E-state index contributed by atoms with van der Waals surface area (Å²) in [4.78, 5) is 19.5. The molecule has 1 saturated carbocycles. The highest BCUT2D eigenvalue weighted by atomic mass is 16.5. The van der Waals surface area contributed by atoms with E-state index in [4.69, 9.17) is 4.74 Å². The van der Waals surface area contributed by atoms with Crippen molar-refractivity contribution >= 4 is 11.6 Å². The quantitative estimate of drug-likeness (QED) is 0.798. The molecule has 0 spiro atoms. The highest BCUT2D eigenvalue weighted by Gasteiger charge is 2.39. The molecule has 2 aromatic heterocycles. The van der Waals surface area contributed by atoms with Crippen molar-refractivity contribution in [2.45, 2.75) is 57.5 Å². The van der Waals surface area contributed by atoms with Crippen LogP contribution in [0.4, 0.5) is 0 Å². The van der Waals surface area contributed by atoms with Gasteiger partial charge in [-0.15, -0.1) is 5.10 Å². The van der Waals surface area contributed by atoms with E-state index in [9.17, 15) is 4.79 Å². The first-order chi connectivity index (χ1) is 14.1. The molecule has 3 aliphatic rings. The molecule has 8 nitrogen and oxygen atoms in total. The number of nitrogens with zero attached hydrogens (tertiary/aromatic N) is 4. The second kappa shape index (κ2) is 7.57. The summed E-state index contributed by atoms with van der Waals surface area (Å²) in [6.45, 7) is 6.39. The molecule has 2 aromatic rings. The number of nitrogens with one attached hydrogen (secondary N) is 2. The minimum atomic E-state index is 0.00874. The summed E-state index contributed by atoms with van der Waals surface area (Å²) in [6, 6.07) is 4.22. The third-order valence-corrected chi connectivity index (χ3v) is 6.60. The maximum Gasteiger partial charge on any atom is 0.231 e. The van der Waals surface area contributed by atoms with Crippen molar-refractivity contribution in [2.75, 3.05) is 19.7 Å². The molecule has 8 heteroatoms. The van der Waals surface area contributed by atoms with Gasteiger partial charge in [0.05, 0.1) is 24.4 Å². The van der Waals surface area contributed by atoms with Crippen molar-refractivity contribution in [3.05, 3.63) is 24.0 Å². The zero-order chi connectivity index (χ0) is 20.0. The zero-order valence-corrected chi connectivity index (χ0v) is 17.2. The molecule has 2 aliphatic heterocycles. The summed E-state index contributed by atoms with van der Waals surface area (Å²) >= 11 is 0. The number of carbonyl (C=O) groups excluding carboxylic acids is 1. The van der Waals surface area contributed by atoms with Crippen molar-refractivity contribution in [3.63, 3.8) is 0 Å². The van der Waals surface area contributed by atoms with E-state index in [0.29, 0.717) is 24.3 Å². The van der Waals surface area contributed by atoms with Crippen LogP contribution in [-0.4, -0.2) is 57.2 Å². The first-order valence-corrected chi connectivity index (χ1v) is 10.9. The number of ether oxygens (including phenoxy) is 1. The Balaban J connectivity index is 1.13. The van der Waals surface area contributed by atoms with E-state index in [1.807, 2.05) is 27.7 Å². The van der Waals surface area contributed by atoms with Crippen molar-refractivity contribution in [1.82, 2.24) is 30.3 Å². The van der Waals surface area contributed by atoms with Crippen LogP contribution < -0.4 is 15.6 Å². The average molecular weight is 399 g/mol. The van der Waals surface area contributed by atoms with Gasteiger partial charge in [-0.05, 0) is 51.5 Å². The monoisotopic (exact) mass is 398 g/mol. The largest absolute Gasteiger partial charge is 0.476 e. The van der Waals surface area contributed by atoms with Crippen LogP contribution in [0.2, 0.25) is 0 Å². The van der Waals surface area contributed by atoms with Crippen LogP contribution in [0.1, 0.15) is 51.1 Å². The molecule has 2 saturated heterocycles. The van der Waals surface area contributed by atoms with Gasteiger partial charge in [0.25, 0.3) is 0 Å². The summed E-state index contributed by atoms with van der Waals surface area (Å²) < 4.78 is 7.82. The zero-order valence-electron chi connectivity index (χ0n) is 17.2. The Morgan fingerprint density at radius 2 is 1.86 bits per heavy atom. The van der Waals surface area contributed by atoms with Crippen molar-refractivity contribution < 1.29 is 9.53 Å². The number of aromatic nitrogens is 3. The van der Waals surface area contributed by atoms with Gasteiger partial charge in [0.2, 0.25) is 11.8 Å². The summed E-state index contributed by atoms with van der Waals surface area (Å²) in [5.74, 6) is 1.99. The van der Waals surface area contributed by atoms with Crippen LogP contribution in [0.25, 0.3) is 5.65 Å². The van der Waals surface area contributed by atoms with Gasteiger partial charge in [0.15, 0.2) is 5.65 Å². The fraction of sp³-hybridized carbons (Fsp3) is 0.667. The number of hydrogen-bond acceptors (Lipinski definition) is 6. The van der Waals surface area contributed by atoms with Gasteiger partial charge in [-0.25, -0.2) is 9.50 Å². The Labute approximate surface area is 171 Å². The first kappa shape index (κ1) is 18.8. The minimum Gasteiger partial charge on any atom is -0.476 e. The second-order valence-electron chi connectivity index (χ2n) is 8.89. The SMILES string of the molecule is CC1NNC(C)C1C(=O)N1CCC(COc2ccc3nc(C4CC4)cn3n2)CC1. The van der Waals surface area contributed by atoms with Crippen LogP contribution in [0.3, 0.4) is 0 Å². The van der Waals surface area contributed by atoms with Gasteiger partial charge in [0, 0.05) is 37.2 Å². The Bertz CT molecular complexity index is 876. The van der Waals surface area contributed by atoms with E-state index in [2.05, 4.69) is 34.8 Å². The number of amides is 1. The number of fused-ring (bicyclic) bond motifs is 1. The molecule has 2 atom stereocenters. The van der Waals surface area contributed by atoms with Crippen molar-refractivity contribution in [3.8, 4) is 5.88 Å². The summed E-state index contributed by atoms with van der Waals surface area (Å²) in [7, 11) is 0. The number of rotatable bonds is 5. The van der Waals surface area contributed by atoms with E-state index >= 15 is 0 Å². The average Bonchev–Trinajstić information content (AvgIpc) is 3.41. The highest BCUT2D eigenvalue weighted by Crippen LogP contribution is 2.39. The van der Waals surface area contributed by atoms with E-state index in [1.54, 1.807) is 0 Å². The molecule has 0 aromatic carbocycles. The molecule has 29 heavy (non-hydrogen) atoms. The van der Waals surface area contributed by atoms with Gasteiger partial charge in [-0.2, -0.15) is 0 Å². The lowest BCUT2D eigenvalue weighted by atomic mass is 9.92. The molecule has 0 bridgehead atoms. The van der Waals surface area contributed by atoms with Crippen LogP contribution in [0.15, 0.2) is 18.3 Å². The predicted molar refractivity (Wildman–Crippen MR) is 108 cm³/mol. The number of hydrazine groups is 1. The Hall–Kier alpha value is -2.19. The maximum absolute atomic E-state index is 12.9. The molecule has 2 unspecified atom stereocenters. The van der Waals surface area contributed by atoms with Crippen LogP contribution >= 0.6 is 0 Å². The lowest BCUT2D eigenvalue weighted by Gasteiger charge is -2.34. The number of carbonyl (C=O) groups is 1. The Morgan fingerprint density at radius 3 is 2.55 bits per heavy atom. The third kappa shape index (κ3) is 3.83. The van der Waals surface area contributed by atoms with Gasteiger partial charge >= 0.3 is 0 Å². The summed E-state index contributed by atoms with van der Waals surface area (Å²) in [6.07, 6.45) is 6.45. The summed E-state index contributed by atoms with van der Waals surface area (Å²) in [5.41, 5.74) is 8.38. The Morgan fingerprint density at radius 1 is 1.14 bits per heavy atom. The minimum absolute atomic E-state index is 0.00874. The van der Waals surface area contributed by atoms with E-state index in [-0.39, 0.29) is 23.9 Å². The van der Waals surface area contributed by atoms with Gasteiger partial charge in [-0.1, -0.05) is 0 Å². The molecule has 1 amide bonds. The van der Waals surface area contributed by atoms with Crippen LogP contribution in [0, 0.1) is 11.8 Å². The number of hydrogen-bond donors (Lipinski definition) is 2. The molecule has 156 valence electrons. The van der Waals surface area contributed by atoms with Crippen LogP contribution in [0.5, 0.6) is 5.88 Å². The maximum atomic E-state index is 12.9. The predicted octanol–water partition coefficient (Wildman–Crippen LogP) is 1.73. The lowest BCUT2D eigenvalue weighted by molar-refractivity contribution is -0.137. The third-order valence-electron chi connectivity index (χ3n) is 6.60. The molecular formula is C21H30N6O2. The number of imidazole rings is 1. The fourth-order valence-corrected chi connectivity index (χ4v) is 4.57. The molecule has 5 rings (SSSR count). The molecule has 4 heterocycles. The number of piperidine rings is 1. The Kier molecular flexibility index (Phi) is 4.91. The molecule has 3 fully saturated rings. The molecular weight excluding hydrogens is 368 g/mol. The summed E-state index contributed by atoms with van der Waals surface area (Å²) in [5, 5.41) is 4.56. The van der Waals surface area contributed by atoms with Crippen molar-refractivity contribution in [2.24, 2.45) is 11.8 Å². The van der Waals surface area contributed by atoms with E-state index in [1.165, 1.54) is 12.8 Å². The number of likely N-dealkylation sites (tertiary alicyclic amines) is 1.